The van der Waals surface area contributed by atoms with E-state index >= 15 is 0 Å². The molecule has 1 aromatic carbocycles. The van der Waals surface area contributed by atoms with E-state index in [9.17, 15) is 0 Å². The van der Waals surface area contributed by atoms with E-state index in [0.717, 1.165) is 23.3 Å². The van der Waals surface area contributed by atoms with Crippen LogP contribution in [-0.4, -0.2) is 22.7 Å². The van der Waals surface area contributed by atoms with Crippen molar-refractivity contribution in [1.29, 1.82) is 0 Å². The average Bonchev–Trinajstić information content (AvgIpc) is 2.59. The molecule has 1 aromatic heterocycles. The second-order valence-electron chi connectivity index (χ2n) is 5.30. The Morgan fingerprint density at radius 3 is 2.65 bits per heavy atom. The van der Waals surface area contributed by atoms with Crippen molar-refractivity contribution >= 4 is 11.0 Å². The highest BCUT2D eigenvalue weighted by Gasteiger charge is 2.19. The van der Waals surface area contributed by atoms with E-state index in [1.54, 1.807) is 7.11 Å². The van der Waals surface area contributed by atoms with E-state index in [-0.39, 0.29) is 5.60 Å². The Kier molecular flexibility index (Phi) is 2.96. The lowest BCUT2D eigenvalue weighted by Crippen LogP contribution is -2.26. The second-order valence-corrected chi connectivity index (χ2v) is 5.30. The summed E-state index contributed by atoms with van der Waals surface area (Å²) in [5, 5.41) is 0. The molecule has 0 saturated carbocycles. The summed E-state index contributed by atoms with van der Waals surface area (Å²) in [5.41, 5.74) is 4.48. The van der Waals surface area contributed by atoms with Crippen molar-refractivity contribution in [3.05, 3.63) is 29.1 Å². The number of methoxy groups -OCH3 is 1. The topological polar surface area (TPSA) is 37.9 Å². The highest BCUT2D eigenvalue weighted by Crippen LogP contribution is 2.21. The van der Waals surface area contributed by atoms with Gasteiger partial charge in [0.05, 0.1) is 16.6 Å². The number of aromatic nitrogens is 2. The third kappa shape index (κ3) is 2.50. The summed E-state index contributed by atoms with van der Waals surface area (Å²) in [5.74, 6) is 0.987. The molecule has 0 atom stereocenters. The zero-order chi connectivity index (χ0) is 12.6. The molecule has 0 amide bonds. The number of ether oxygens (including phenoxy) is 1. The molecule has 17 heavy (non-hydrogen) atoms. The molecule has 0 spiro atoms. The molecule has 0 fully saturated rings. The number of nitrogens with zero attached hydrogens (tertiary/aromatic N) is 1. The van der Waals surface area contributed by atoms with Crippen LogP contribution in [0.25, 0.3) is 11.0 Å². The SMILES string of the molecule is COC(C)(C)Cc1nc2c(C)cc(C)cc2[nH]1. The lowest BCUT2D eigenvalue weighted by Gasteiger charge is -2.21. The Labute approximate surface area is 102 Å². The molecule has 92 valence electrons. The van der Waals surface area contributed by atoms with E-state index in [1.807, 2.05) is 0 Å². The van der Waals surface area contributed by atoms with E-state index in [0.29, 0.717) is 0 Å². The van der Waals surface area contributed by atoms with Crippen LogP contribution in [0, 0.1) is 13.8 Å². The predicted molar refractivity (Wildman–Crippen MR) is 70.4 cm³/mol. The lowest BCUT2D eigenvalue weighted by molar-refractivity contribution is 0.0218. The maximum Gasteiger partial charge on any atom is 0.110 e. The van der Waals surface area contributed by atoms with Gasteiger partial charge in [0.25, 0.3) is 0 Å². The van der Waals surface area contributed by atoms with Crippen molar-refractivity contribution < 1.29 is 4.74 Å². The Hall–Kier alpha value is -1.35. The van der Waals surface area contributed by atoms with Gasteiger partial charge in [0.2, 0.25) is 0 Å². The maximum atomic E-state index is 5.43. The molecule has 0 unspecified atom stereocenters. The number of aromatic amines is 1. The monoisotopic (exact) mass is 232 g/mol. The number of hydrogen-bond donors (Lipinski definition) is 1. The van der Waals surface area contributed by atoms with Crippen molar-refractivity contribution in [3.63, 3.8) is 0 Å². The molecule has 1 heterocycles. The van der Waals surface area contributed by atoms with Crippen molar-refractivity contribution in [2.45, 2.75) is 39.7 Å². The van der Waals surface area contributed by atoms with Gasteiger partial charge >= 0.3 is 0 Å². The van der Waals surface area contributed by atoms with Gasteiger partial charge < -0.3 is 9.72 Å². The van der Waals surface area contributed by atoms with Crippen molar-refractivity contribution in [1.82, 2.24) is 9.97 Å². The zero-order valence-corrected chi connectivity index (χ0v) is 11.2. The van der Waals surface area contributed by atoms with Gasteiger partial charge in [-0.25, -0.2) is 4.98 Å². The van der Waals surface area contributed by atoms with Crippen LogP contribution in [0.3, 0.4) is 0 Å². The van der Waals surface area contributed by atoms with Crippen molar-refractivity contribution in [2.24, 2.45) is 0 Å². The van der Waals surface area contributed by atoms with Crippen LogP contribution in [0.1, 0.15) is 30.8 Å². The summed E-state index contributed by atoms with van der Waals surface area (Å²) >= 11 is 0. The first-order valence-electron chi connectivity index (χ1n) is 5.92. The summed E-state index contributed by atoms with van der Waals surface area (Å²) in [7, 11) is 1.73. The lowest BCUT2D eigenvalue weighted by atomic mass is 10.1. The zero-order valence-electron chi connectivity index (χ0n) is 11.2. The Morgan fingerprint density at radius 2 is 2.00 bits per heavy atom. The number of imidazole rings is 1. The van der Waals surface area contributed by atoms with Gasteiger partial charge in [-0.3, -0.25) is 0 Å². The highest BCUT2D eigenvalue weighted by molar-refractivity contribution is 5.79. The van der Waals surface area contributed by atoms with Crippen LogP contribution in [0.15, 0.2) is 12.1 Å². The van der Waals surface area contributed by atoms with Crippen LogP contribution in [0.2, 0.25) is 0 Å². The average molecular weight is 232 g/mol. The standard InChI is InChI=1S/C14H20N2O/c1-9-6-10(2)13-11(7-9)15-12(16-13)8-14(3,4)17-5/h6-7H,8H2,1-5H3,(H,15,16). The maximum absolute atomic E-state index is 5.43. The largest absolute Gasteiger partial charge is 0.378 e. The smallest absolute Gasteiger partial charge is 0.110 e. The van der Waals surface area contributed by atoms with Gasteiger partial charge in [-0.1, -0.05) is 6.07 Å². The van der Waals surface area contributed by atoms with E-state index in [4.69, 9.17) is 4.74 Å². The fourth-order valence-electron chi connectivity index (χ4n) is 2.08. The molecule has 0 radical (unpaired) electrons. The quantitative estimate of drug-likeness (QED) is 0.882. The number of fused-ring (bicyclic) bond motifs is 1. The summed E-state index contributed by atoms with van der Waals surface area (Å²) in [6, 6.07) is 4.30. The summed E-state index contributed by atoms with van der Waals surface area (Å²) in [6.45, 7) is 8.34. The summed E-state index contributed by atoms with van der Waals surface area (Å²) < 4.78 is 5.43. The van der Waals surface area contributed by atoms with Gasteiger partial charge in [-0.15, -0.1) is 0 Å². The fraction of sp³-hybridized carbons (Fsp3) is 0.500. The molecular weight excluding hydrogens is 212 g/mol. The van der Waals surface area contributed by atoms with E-state index < -0.39 is 0 Å². The first-order chi connectivity index (χ1) is 7.91. The molecular formula is C14H20N2O. The molecule has 0 saturated heterocycles. The number of rotatable bonds is 3. The van der Waals surface area contributed by atoms with Gasteiger partial charge in [0, 0.05) is 13.5 Å². The van der Waals surface area contributed by atoms with Gasteiger partial charge in [-0.05, 0) is 44.9 Å². The number of nitrogens with one attached hydrogen (secondary N) is 1. The Bertz CT molecular complexity index is 540. The first-order valence-corrected chi connectivity index (χ1v) is 5.92. The molecule has 0 bridgehead atoms. The molecule has 3 heteroatoms. The van der Waals surface area contributed by atoms with Crippen LogP contribution >= 0.6 is 0 Å². The van der Waals surface area contributed by atoms with Gasteiger partial charge in [0.15, 0.2) is 0 Å². The molecule has 2 rings (SSSR count). The van der Waals surface area contributed by atoms with Crippen LogP contribution in [-0.2, 0) is 11.2 Å². The minimum atomic E-state index is -0.184. The summed E-state index contributed by atoms with van der Waals surface area (Å²) in [6.07, 6.45) is 0.788. The molecule has 0 aliphatic heterocycles. The number of hydrogen-bond acceptors (Lipinski definition) is 2. The van der Waals surface area contributed by atoms with Crippen LogP contribution < -0.4 is 0 Å². The number of H-pyrrole nitrogens is 1. The molecule has 0 aliphatic carbocycles. The van der Waals surface area contributed by atoms with E-state index in [1.165, 1.54) is 11.1 Å². The van der Waals surface area contributed by atoms with E-state index in [2.05, 4.69) is 49.8 Å². The predicted octanol–water partition coefficient (Wildman–Crippen LogP) is 3.15. The molecule has 2 aromatic rings. The number of aryl methyl sites for hydroxylation is 2. The van der Waals surface area contributed by atoms with Gasteiger partial charge in [0.1, 0.15) is 5.82 Å². The molecule has 1 N–H and O–H groups in total. The highest BCUT2D eigenvalue weighted by atomic mass is 16.5. The van der Waals surface area contributed by atoms with Crippen LogP contribution in [0.5, 0.6) is 0 Å². The minimum absolute atomic E-state index is 0.184. The normalized spacial score (nSPS) is 12.3. The number of benzene rings is 1. The Balaban J connectivity index is 2.42. The van der Waals surface area contributed by atoms with Gasteiger partial charge in [-0.2, -0.15) is 0 Å². The first kappa shape index (κ1) is 12.1. The second kappa shape index (κ2) is 4.15. The fourth-order valence-corrected chi connectivity index (χ4v) is 2.08. The molecule has 0 aliphatic rings. The van der Waals surface area contributed by atoms with Crippen molar-refractivity contribution in [3.8, 4) is 0 Å². The van der Waals surface area contributed by atoms with Crippen LogP contribution in [0.4, 0.5) is 0 Å². The third-order valence-corrected chi connectivity index (χ3v) is 3.12. The Morgan fingerprint density at radius 1 is 1.29 bits per heavy atom. The third-order valence-electron chi connectivity index (χ3n) is 3.12. The summed E-state index contributed by atoms with van der Waals surface area (Å²) in [4.78, 5) is 8.03. The van der Waals surface area contributed by atoms with Crippen molar-refractivity contribution in [2.75, 3.05) is 7.11 Å². The minimum Gasteiger partial charge on any atom is -0.378 e. The molecule has 3 nitrogen and oxygen atoms in total.